The second-order valence-corrected chi connectivity index (χ2v) is 5.98. The summed E-state index contributed by atoms with van der Waals surface area (Å²) >= 11 is 0. The molecule has 0 unspecified atom stereocenters. The first-order valence-electron chi connectivity index (χ1n) is 7.69. The number of hydrogen-bond donors (Lipinski definition) is 1. The van der Waals surface area contributed by atoms with Gasteiger partial charge >= 0.3 is 6.18 Å². The highest BCUT2D eigenvalue weighted by atomic mass is 19.4. The summed E-state index contributed by atoms with van der Waals surface area (Å²) < 4.78 is 38.1. The number of halogens is 3. The van der Waals surface area contributed by atoms with Crippen molar-refractivity contribution in [3.05, 3.63) is 59.7 Å². The summed E-state index contributed by atoms with van der Waals surface area (Å²) in [7, 11) is 0. The van der Waals surface area contributed by atoms with E-state index in [0.717, 1.165) is 5.69 Å². The molecule has 25 heavy (non-hydrogen) atoms. The number of nitrogens with one attached hydrogen (secondary N) is 1. The number of H-pyrrole nitrogens is 1. The molecule has 1 saturated heterocycles. The van der Waals surface area contributed by atoms with Crippen molar-refractivity contribution in [1.29, 1.82) is 0 Å². The molecule has 0 radical (unpaired) electrons. The Morgan fingerprint density at radius 1 is 1.20 bits per heavy atom. The van der Waals surface area contributed by atoms with E-state index in [1.165, 1.54) is 18.2 Å². The number of amides is 1. The van der Waals surface area contributed by atoms with E-state index in [2.05, 4.69) is 15.0 Å². The number of benzene rings is 1. The number of rotatable bonds is 2. The normalized spacial score (nSPS) is 15.4. The average Bonchev–Trinajstić information content (AvgIpc) is 2.98. The van der Waals surface area contributed by atoms with Gasteiger partial charge in [-0.15, -0.1) is 0 Å². The van der Waals surface area contributed by atoms with Crippen LogP contribution in [-0.2, 0) is 6.18 Å². The molecule has 1 fully saturated rings. The predicted octanol–water partition coefficient (Wildman–Crippen LogP) is 3.22. The molecule has 1 aliphatic heterocycles. The fourth-order valence-corrected chi connectivity index (χ4v) is 2.91. The molecular formula is C17H13F3N4O. The number of aromatic amines is 1. The zero-order valence-corrected chi connectivity index (χ0v) is 12.9. The largest absolute Gasteiger partial charge is 0.449 e. The molecule has 4 rings (SSSR count). The van der Waals surface area contributed by atoms with Crippen molar-refractivity contribution in [2.45, 2.75) is 12.1 Å². The van der Waals surface area contributed by atoms with Crippen LogP contribution in [0.4, 0.5) is 13.2 Å². The minimum Gasteiger partial charge on any atom is -0.337 e. The Labute approximate surface area is 140 Å². The number of imidazole rings is 1. The number of likely N-dealkylation sites (tertiary alicyclic amines) is 1. The number of aromatic nitrogens is 3. The molecule has 3 heterocycles. The van der Waals surface area contributed by atoms with Gasteiger partial charge in [0.25, 0.3) is 5.91 Å². The quantitative estimate of drug-likeness (QED) is 0.775. The van der Waals surface area contributed by atoms with Crippen LogP contribution in [-0.4, -0.2) is 38.8 Å². The van der Waals surface area contributed by atoms with Crippen molar-refractivity contribution in [3.8, 4) is 0 Å². The van der Waals surface area contributed by atoms with E-state index in [4.69, 9.17) is 0 Å². The number of fused-ring (bicyclic) bond motifs is 1. The lowest BCUT2D eigenvalue weighted by molar-refractivity contribution is -0.144. The van der Waals surface area contributed by atoms with Crippen LogP contribution in [0.1, 0.15) is 27.8 Å². The molecule has 1 N–H and O–H groups in total. The summed E-state index contributed by atoms with van der Waals surface area (Å²) in [5, 5.41) is 0. The molecule has 3 aromatic rings. The monoisotopic (exact) mass is 346 g/mol. The van der Waals surface area contributed by atoms with Crippen molar-refractivity contribution in [1.82, 2.24) is 19.9 Å². The summed E-state index contributed by atoms with van der Waals surface area (Å²) in [6.07, 6.45) is -2.83. The number of carbonyl (C=O) groups excluding carboxylic acids is 1. The van der Waals surface area contributed by atoms with Crippen LogP contribution < -0.4 is 0 Å². The van der Waals surface area contributed by atoms with Crippen LogP contribution in [0.25, 0.3) is 11.0 Å². The SMILES string of the molecule is O=C(c1ccc2nc(C(F)(F)F)[nH]c2c1)N1CC(c2ccccn2)C1. The van der Waals surface area contributed by atoms with Gasteiger partial charge in [0.2, 0.25) is 5.82 Å². The van der Waals surface area contributed by atoms with E-state index in [-0.39, 0.29) is 22.9 Å². The van der Waals surface area contributed by atoms with E-state index in [1.54, 1.807) is 11.1 Å². The molecule has 0 saturated carbocycles. The van der Waals surface area contributed by atoms with Gasteiger partial charge in [0.05, 0.1) is 11.0 Å². The smallest absolute Gasteiger partial charge is 0.337 e. The Balaban J connectivity index is 1.51. The molecule has 8 heteroatoms. The van der Waals surface area contributed by atoms with Crippen LogP contribution in [0.5, 0.6) is 0 Å². The predicted molar refractivity (Wildman–Crippen MR) is 84.0 cm³/mol. The molecule has 128 valence electrons. The third-order valence-corrected chi connectivity index (χ3v) is 4.27. The van der Waals surface area contributed by atoms with Gasteiger partial charge < -0.3 is 9.88 Å². The maximum Gasteiger partial charge on any atom is 0.449 e. The van der Waals surface area contributed by atoms with Gasteiger partial charge in [-0.2, -0.15) is 13.2 Å². The molecular weight excluding hydrogens is 333 g/mol. The lowest BCUT2D eigenvalue weighted by atomic mass is 9.95. The van der Waals surface area contributed by atoms with Gasteiger partial charge in [0.15, 0.2) is 0 Å². The molecule has 0 atom stereocenters. The van der Waals surface area contributed by atoms with Crippen LogP contribution in [0.15, 0.2) is 42.6 Å². The Hall–Kier alpha value is -2.90. The minimum absolute atomic E-state index is 0.179. The highest BCUT2D eigenvalue weighted by Gasteiger charge is 2.35. The summed E-state index contributed by atoms with van der Waals surface area (Å²) in [6, 6.07) is 9.98. The Kier molecular flexibility index (Phi) is 3.48. The Bertz CT molecular complexity index is 930. The molecule has 0 aliphatic carbocycles. The first kappa shape index (κ1) is 15.6. The Morgan fingerprint density at radius 2 is 2.00 bits per heavy atom. The molecule has 5 nitrogen and oxygen atoms in total. The second kappa shape index (κ2) is 5.58. The highest BCUT2D eigenvalue weighted by Crippen LogP contribution is 2.30. The van der Waals surface area contributed by atoms with E-state index in [9.17, 15) is 18.0 Å². The fourth-order valence-electron chi connectivity index (χ4n) is 2.91. The van der Waals surface area contributed by atoms with E-state index in [1.807, 2.05) is 18.2 Å². The standard InChI is InChI=1S/C17H13F3N4O/c18-17(19,20)16-22-13-5-4-10(7-14(13)23-16)15(25)24-8-11(9-24)12-3-1-2-6-21-12/h1-7,11H,8-9H2,(H,22,23). The van der Waals surface area contributed by atoms with Crippen LogP contribution in [0.2, 0.25) is 0 Å². The van der Waals surface area contributed by atoms with Crippen molar-refractivity contribution in [2.75, 3.05) is 13.1 Å². The molecule has 1 aliphatic rings. The summed E-state index contributed by atoms with van der Waals surface area (Å²) in [6.45, 7) is 1.09. The summed E-state index contributed by atoms with van der Waals surface area (Å²) in [5.74, 6) is -1.08. The lowest BCUT2D eigenvalue weighted by Crippen LogP contribution is -2.48. The Morgan fingerprint density at radius 3 is 2.68 bits per heavy atom. The van der Waals surface area contributed by atoms with Gasteiger partial charge in [-0.25, -0.2) is 4.98 Å². The van der Waals surface area contributed by atoms with E-state index >= 15 is 0 Å². The average molecular weight is 346 g/mol. The molecule has 0 bridgehead atoms. The zero-order valence-electron chi connectivity index (χ0n) is 12.9. The van der Waals surface area contributed by atoms with Crippen LogP contribution in [0, 0.1) is 0 Å². The summed E-state index contributed by atoms with van der Waals surface area (Å²) in [5.41, 5.74) is 1.65. The van der Waals surface area contributed by atoms with Gasteiger partial charge in [0, 0.05) is 36.5 Å². The third-order valence-electron chi connectivity index (χ3n) is 4.27. The van der Waals surface area contributed by atoms with Crippen molar-refractivity contribution in [2.24, 2.45) is 0 Å². The van der Waals surface area contributed by atoms with Gasteiger partial charge in [-0.3, -0.25) is 9.78 Å². The van der Waals surface area contributed by atoms with Crippen molar-refractivity contribution in [3.63, 3.8) is 0 Å². The number of alkyl halides is 3. The van der Waals surface area contributed by atoms with Gasteiger partial charge in [-0.05, 0) is 30.3 Å². The van der Waals surface area contributed by atoms with Crippen LogP contribution >= 0.6 is 0 Å². The second-order valence-electron chi connectivity index (χ2n) is 5.98. The molecule has 1 amide bonds. The van der Waals surface area contributed by atoms with Gasteiger partial charge in [-0.1, -0.05) is 6.07 Å². The minimum atomic E-state index is -4.55. The number of carbonyl (C=O) groups is 1. The molecule has 0 spiro atoms. The topological polar surface area (TPSA) is 61.9 Å². The lowest BCUT2D eigenvalue weighted by Gasteiger charge is -2.39. The van der Waals surface area contributed by atoms with Crippen molar-refractivity contribution < 1.29 is 18.0 Å². The number of pyridine rings is 1. The maximum atomic E-state index is 12.7. The number of nitrogens with zero attached hydrogens (tertiary/aromatic N) is 3. The van der Waals surface area contributed by atoms with E-state index < -0.39 is 12.0 Å². The first-order valence-corrected chi connectivity index (χ1v) is 7.69. The van der Waals surface area contributed by atoms with Gasteiger partial charge in [0.1, 0.15) is 0 Å². The van der Waals surface area contributed by atoms with Crippen LogP contribution in [0.3, 0.4) is 0 Å². The third kappa shape index (κ3) is 2.84. The van der Waals surface area contributed by atoms with Crippen molar-refractivity contribution >= 4 is 16.9 Å². The highest BCUT2D eigenvalue weighted by molar-refractivity contribution is 5.97. The zero-order chi connectivity index (χ0) is 17.6. The summed E-state index contributed by atoms with van der Waals surface area (Å²) in [4.78, 5) is 24.2. The first-order chi connectivity index (χ1) is 11.9. The molecule has 2 aromatic heterocycles. The fraction of sp³-hybridized carbons (Fsp3) is 0.235. The maximum absolute atomic E-state index is 12.7. The molecule has 1 aromatic carbocycles. The number of hydrogen-bond acceptors (Lipinski definition) is 3. The van der Waals surface area contributed by atoms with E-state index in [0.29, 0.717) is 18.7 Å².